The van der Waals surface area contributed by atoms with E-state index in [0.717, 1.165) is 25.1 Å². The molecule has 1 rings (SSSR count). The Labute approximate surface area is 125 Å². The lowest BCUT2D eigenvalue weighted by atomic mass is 9.96. The van der Waals surface area contributed by atoms with Gasteiger partial charge in [-0.1, -0.05) is 12.1 Å². The van der Waals surface area contributed by atoms with Gasteiger partial charge in [-0.05, 0) is 12.0 Å². The normalized spacial score (nSPS) is 12.3. The van der Waals surface area contributed by atoms with Gasteiger partial charge in [0.15, 0.2) is 5.92 Å². The first kappa shape index (κ1) is 18.7. The molecule has 0 aromatic heterocycles. The number of benzene rings is 1. The van der Waals surface area contributed by atoms with Crippen LogP contribution in [0.1, 0.15) is 12.5 Å². The van der Waals surface area contributed by atoms with Crippen molar-refractivity contribution in [2.45, 2.75) is 25.7 Å². The Kier molecular flexibility index (Phi) is 5.23. The number of para-hydroxylation sites is 1. The Morgan fingerprint density at radius 2 is 1.74 bits per heavy atom. The van der Waals surface area contributed by atoms with Crippen LogP contribution in [0.2, 0.25) is 0 Å². The van der Waals surface area contributed by atoms with E-state index in [1.807, 2.05) is 5.32 Å². The van der Waals surface area contributed by atoms with Crippen molar-refractivity contribution in [2.75, 3.05) is 5.32 Å². The van der Waals surface area contributed by atoms with E-state index >= 15 is 0 Å². The molecule has 5 nitrogen and oxygen atoms in total. The summed E-state index contributed by atoms with van der Waals surface area (Å²) in [4.78, 5) is 20.9. The van der Waals surface area contributed by atoms with Crippen LogP contribution in [0.15, 0.2) is 18.2 Å². The monoisotopic (exact) mass is 344 g/mol. The molecule has 128 valence electrons. The van der Waals surface area contributed by atoms with Crippen LogP contribution in [-0.4, -0.2) is 23.2 Å². The van der Waals surface area contributed by atoms with Gasteiger partial charge in [-0.2, -0.15) is 26.3 Å². The average molecular weight is 344 g/mol. The molecule has 0 fully saturated rings. The maximum Gasteiger partial charge on any atom is 0.400 e. The van der Waals surface area contributed by atoms with Crippen molar-refractivity contribution in [3.8, 4) is 0 Å². The summed E-state index contributed by atoms with van der Waals surface area (Å²) in [6.07, 6.45) is -12.8. The predicted octanol–water partition coefficient (Wildman–Crippen LogP) is 3.84. The number of halogens is 6. The molecule has 1 N–H and O–H groups in total. The number of anilines is 1. The van der Waals surface area contributed by atoms with Gasteiger partial charge in [0.05, 0.1) is 4.92 Å². The highest BCUT2D eigenvalue weighted by Gasteiger charge is 2.56. The average Bonchev–Trinajstić information content (AvgIpc) is 2.33. The Morgan fingerprint density at radius 1 is 1.22 bits per heavy atom. The zero-order valence-electron chi connectivity index (χ0n) is 11.5. The zero-order valence-corrected chi connectivity index (χ0v) is 11.5. The molecule has 11 heteroatoms. The van der Waals surface area contributed by atoms with Gasteiger partial charge in [0.25, 0.3) is 5.69 Å². The largest absolute Gasteiger partial charge is 0.400 e. The SMILES string of the molecule is CC(=O)Nc1c(CC(C(F)(F)F)C(F)(F)F)cccc1[N+](=O)[O-]. The Morgan fingerprint density at radius 3 is 2.13 bits per heavy atom. The Bertz CT molecular complexity index is 598. The van der Waals surface area contributed by atoms with Crippen molar-refractivity contribution in [3.05, 3.63) is 33.9 Å². The highest BCUT2D eigenvalue weighted by atomic mass is 19.4. The first-order valence-corrected chi connectivity index (χ1v) is 6.01. The van der Waals surface area contributed by atoms with Crippen molar-refractivity contribution in [1.29, 1.82) is 0 Å². The van der Waals surface area contributed by atoms with Crippen LogP contribution in [-0.2, 0) is 11.2 Å². The summed E-state index contributed by atoms with van der Waals surface area (Å²) in [6, 6.07) is 2.68. The number of alkyl halides is 6. The van der Waals surface area contributed by atoms with Crippen LogP contribution in [0.4, 0.5) is 37.7 Å². The Hall–Kier alpha value is -2.33. The second-order valence-electron chi connectivity index (χ2n) is 4.59. The molecule has 23 heavy (non-hydrogen) atoms. The van der Waals surface area contributed by atoms with E-state index in [1.54, 1.807) is 0 Å². The van der Waals surface area contributed by atoms with Gasteiger partial charge in [0.2, 0.25) is 5.91 Å². The number of hydrogen-bond donors (Lipinski definition) is 1. The molecule has 0 bridgehead atoms. The van der Waals surface area contributed by atoms with Gasteiger partial charge >= 0.3 is 12.4 Å². The molecule has 0 saturated heterocycles. The van der Waals surface area contributed by atoms with Crippen LogP contribution in [0.5, 0.6) is 0 Å². The maximum atomic E-state index is 12.6. The van der Waals surface area contributed by atoms with Crippen LogP contribution in [0.25, 0.3) is 0 Å². The summed E-state index contributed by atoms with van der Waals surface area (Å²) in [5.41, 5.74) is -2.10. The molecule has 0 atom stereocenters. The number of carbonyl (C=O) groups is 1. The lowest BCUT2D eigenvalue weighted by molar-refractivity contribution is -0.384. The van der Waals surface area contributed by atoms with Gasteiger partial charge in [-0.25, -0.2) is 0 Å². The molecule has 0 aliphatic carbocycles. The van der Waals surface area contributed by atoms with Gasteiger partial charge in [-0.15, -0.1) is 0 Å². The maximum absolute atomic E-state index is 12.6. The standard InChI is InChI=1S/C12H10F6N2O3/c1-6(21)19-10-7(3-2-4-8(10)20(22)23)5-9(11(13,14)15)12(16,17)18/h2-4,9H,5H2,1H3,(H,19,21). The van der Waals surface area contributed by atoms with E-state index in [-0.39, 0.29) is 0 Å². The molecule has 1 aromatic rings. The molecule has 1 amide bonds. The minimum Gasteiger partial charge on any atom is -0.320 e. The Balaban J connectivity index is 3.38. The van der Waals surface area contributed by atoms with E-state index in [2.05, 4.69) is 0 Å². The van der Waals surface area contributed by atoms with E-state index in [9.17, 15) is 41.3 Å². The molecule has 0 spiro atoms. The molecular formula is C12H10F6N2O3. The van der Waals surface area contributed by atoms with Crippen molar-refractivity contribution in [3.63, 3.8) is 0 Å². The van der Waals surface area contributed by atoms with Gasteiger partial charge in [0, 0.05) is 13.0 Å². The molecule has 0 aliphatic heterocycles. The number of rotatable bonds is 4. The summed E-state index contributed by atoms with van der Waals surface area (Å²) in [5.74, 6) is -4.57. The minimum absolute atomic E-state index is 0.631. The molecule has 0 unspecified atom stereocenters. The number of nitrogens with zero attached hydrogens (tertiary/aromatic N) is 1. The third-order valence-electron chi connectivity index (χ3n) is 2.84. The van der Waals surface area contributed by atoms with Crippen molar-refractivity contribution in [2.24, 2.45) is 5.92 Å². The van der Waals surface area contributed by atoms with Crippen LogP contribution >= 0.6 is 0 Å². The number of nitrogens with one attached hydrogen (secondary N) is 1. The van der Waals surface area contributed by atoms with Gasteiger partial charge < -0.3 is 5.32 Å². The lowest BCUT2D eigenvalue weighted by Gasteiger charge is -2.23. The highest BCUT2D eigenvalue weighted by Crippen LogP contribution is 2.43. The van der Waals surface area contributed by atoms with Crippen LogP contribution in [0.3, 0.4) is 0 Å². The van der Waals surface area contributed by atoms with E-state index < -0.39 is 52.5 Å². The summed E-state index contributed by atoms with van der Waals surface area (Å²) in [7, 11) is 0. The fraction of sp³-hybridized carbons (Fsp3) is 0.417. The number of carbonyl (C=O) groups excluding carboxylic acids is 1. The number of amides is 1. The quantitative estimate of drug-likeness (QED) is 0.512. The van der Waals surface area contributed by atoms with E-state index in [1.165, 1.54) is 0 Å². The second-order valence-corrected chi connectivity index (χ2v) is 4.59. The van der Waals surface area contributed by atoms with Crippen molar-refractivity contribution < 1.29 is 36.1 Å². The third-order valence-corrected chi connectivity index (χ3v) is 2.84. The summed E-state index contributed by atoms with van der Waals surface area (Å²) >= 11 is 0. The van der Waals surface area contributed by atoms with E-state index in [4.69, 9.17) is 0 Å². The smallest absolute Gasteiger partial charge is 0.320 e. The summed E-state index contributed by atoms with van der Waals surface area (Å²) < 4.78 is 75.7. The third kappa shape index (κ3) is 4.83. The predicted molar refractivity (Wildman–Crippen MR) is 66.7 cm³/mol. The van der Waals surface area contributed by atoms with Gasteiger partial charge in [-0.3, -0.25) is 14.9 Å². The minimum atomic E-state index is -5.59. The zero-order chi connectivity index (χ0) is 18.0. The summed E-state index contributed by atoms with van der Waals surface area (Å²) in [5, 5.41) is 12.8. The van der Waals surface area contributed by atoms with Crippen LogP contribution < -0.4 is 5.32 Å². The molecule has 0 saturated carbocycles. The summed E-state index contributed by atoms with van der Waals surface area (Å²) in [6.45, 7) is 0.922. The molecular weight excluding hydrogens is 334 g/mol. The molecule has 0 heterocycles. The lowest BCUT2D eigenvalue weighted by Crippen LogP contribution is -2.38. The van der Waals surface area contributed by atoms with Crippen molar-refractivity contribution in [1.82, 2.24) is 0 Å². The number of nitro benzene ring substituents is 1. The van der Waals surface area contributed by atoms with Crippen molar-refractivity contribution >= 4 is 17.3 Å². The molecule has 0 radical (unpaired) electrons. The number of hydrogen-bond acceptors (Lipinski definition) is 3. The fourth-order valence-corrected chi connectivity index (χ4v) is 1.87. The van der Waals surface area contributed by atoms with E-state index in [0.29, 0.717) is 0 Å². The fourth-order valence-electron chi connectivity index (χ4n) is 1.87. The molecule has 1 aromatic carbocycles. The number of nitro groups is 1. The second kappa shape index (κ2) is 6.42. The van der Waals surface area contributed by atoms with Crippen LogP contribution in [0, 0.1) is 16.0 Å². The first-order chi connectivity index (χ1) is 10.3. The topological polar surface area (TPSA) is 72.2 Å². The first-order valence-electron chi connectivity index (χ1n) is 6.01. The molecule has 0 aliphatic rings. The van der Waals surface area contributed by atoms with Gasteiger partial charge in [0.1, 0.15) is 5.69 Å². The highest BCUT2D eigenvalue weighted by molar-refractivity contribution is 5.92.